The predicted octanol–water partition coefficient (Wildman–Crippen LogP) is 5.03. The molecule has 6 amide bonds. The molecule has 66 heavy (non-hydrogen) atoms. The first kappa shape index (κ1) is 49.2. The minimum Gasteiger partial charge on any atom is -0.465 e. The zero-order valence-electron chi connectivity index (χ0n) is 38.7. The zero-order chi connectivity index (χ0) is 48.6. The summed E-state index contributed by atoms with van der Waals surface area (Å²) in [5.74, 6) is -3.80. The molecule has 3 aliphatic rings. The molecule has 8 atom stereocenters. The van der Waals surface area contributed by atoms with Crippen LogP contribution >= 0.6 is 0 Å². The van der Waals surface area contributed by atoms with E-state index in [0.717, 1.165) is 20.9 Å². The van der Waals surface area contributed by atoms with Crippen LogP contribution in [0.4, 0.5) is 19.7 Å². The van der Waals surface area contributed by atoms with Gasteiger partial charge < -0.3 is 45.9 Å². The Labute approximate surface area is 384 Å². The van der Waals surface area contributed by atoms with Gasteiger partial charge in [-0.15, -0.1) is 0 Å². The summed E-state index contributed by atoms with van der Waals surface area (Å²) in [5.41, 5.74) is 12.2. The standard InChI is InChI=1S/C48H62FN7O10/c1-27(2)35(52(5)45(61)62)41(57)54-25-9-23-47(54,43(50)59)31-15-11-29(12-16-31)37-39(65-7)40(66-8)38(56(37)34-21-19-33(49)20-22-34)30-13-17-32(18-14-30)48(44(51)60)24-10-26-55(48)42(58)36(28(3)4)53(6)46(63)64/h11-22,27-28,35-40H,9-10,23-26H2,1-8H3,(H2,50,59)(H2,51,60)(H,61,62)(H,63,64)/t35-,36-,37-,38-,39+,40+,47-,48-/m0/s1. The molecule has 18 heteroatoms. The molecule has 3 aromatic rings. The fraction of sp³-hybridized carbons (Fsp3) is 0.500. The number of ether oxygens (including phenoxy) is 2. The van der Waals surface area contributed by atoms with Crippen LogP contribution in [0.1, 0.15) is 87.7 Å². The highest BCUT2D eigenvalue weighted by Gasteiger charge is 2.55. The van der Waals surface area contributed by atoms with E-state index in [4.69, 9.17) is 20.9 Å². The molecule has 0 aliphatic carbocycles. The van der Waals surface area contributed by atoms with Crippen LogP contribution in [0.3, 0.4) is 0 Å². The fourth-order valence-corrected chi connectivity index (χ4v) is 10.9. The number of likely N-dealkylation sites (N-methyl/N-ethyl adjacent to an activating group) is 2. The number of anilines is 1. The lowest BCUT2D eigenvalue weighted by Gasteiger charge is -2.41. The summed E-state index contributed by atoms with van der Waals surface area (Å²) in [4.78, 5) is 86.5. The Kier molecular flexibility index (Phi) is 14.4. The van der Waals surface area contributed by atoms with Gasteiger partial charge in [-0.1, -0.05) is 76.2 Å². The van der Waals surface area contributed by atoms with Gasteiger partial charge in [0.15, 0.2) is 0 Å². The van der Waals surface area contributed by atoms with E-state index in [1.807, 2.05) is 24.3 Å². The monoisotopic (exact) mass is 915 g/mol. The highest BCUT2D eigenvalue weighted by molar-refractivity contribution is 5.96. The number of benzene rings is 3. The number of carbonyl (C=O) groups excluding carboxylic acids is 4. The van der Waals surface area contributed by atoms with Gasteiger partial charge in [0.1, 0.15) is 41.2 Å². The topological polar surface area (TPSA) is 230 Å². The Hall–Kier alpha value is -6.27. The third-order valence-electron chi connectivity index (χ3n) is 14.0. The molecule has 0 aromatic heterocycles. The van der Waals surface area contributed by atoms with Gasteiger partial charge >= 0.3 is 12.2 Å². The summed E-state index contributed by atoms with van der Waals surface area (Å²) in [6, 6.07) is 16.9. The lowest BCUT2D eigenvalue weighted by Crippen LogP contribution is -2.59. The maximum atomic E-state index is 14.6. The number of carboxylic acid groups (broad SMARTS) is 2. The molecule has 0 radical (unpaired) electrons. The number of nitrogens with two attached hydrogens (primary N) is 2. The molecular weight excluding hydrogens is 854 g/mol. The van der Waals surface area contributed by atoms with E-state index < -0.39 is 101 Å². The number of methoxy groups -OCH3 is 2. The number of nitrogens with zero attached hydrogens (tertiary/aromatic N) is 5. The van der Waals surface area contributed by atoms with Crippen LogP contribution in [0.2, 0.25) is 0 Å². The molecule has 6 N–H and O–H groups in total. The van der Waals surface area contributed by atoms with Crippen molar-refractivity contribution >= 4 is 41.5 Å². The lowest BCUT2D eigenvalue weighted by atomic mass is 9.84. The van der Waals surface area contributed by atoms with E-state index in [2.05, 4.69) is 4.90 Å². The summed E-state index contributed by atoms with van der Waals surface area (Å²) >= 11 is 0. The average molecular weight is 916 g/mol. The van der Waals surface area contributed by atoms with E-state index in [1.54, 1.807) is 78.3 Å². The van der Waals surface area contributed by atoms with Crippen LogP contribution in [-0.4, -0.2) is 131 Å². The summed E-state index contributed by atoms with van der Waals surface area (Å²) in [6.07, 6.45) is -2.50. The first-order chi connectivity index (χ1) is 31.2. The van der Waals surface area contributed by atoms with Crippen LogP contribution in [0.15, 0.2) is 72.8 Å². The fourth-order valence-electron chi connectivity index (χ4n) is 10.9. The first-order valence-electron chi connectivity index (χ1n) is 22.2. The van der Waals surface area contributed by atoms with Crippen LogP contribution in [0.25, 0.3) is 0 Å². The van der Waals surface area contributed by atoms with Crippen molar-refractivity contribution in [2.75, 3.05) is 46.3 Å². The quantitative estimate of drug-likeness (QED) is 0.158. The van der Waals surface area contributed by atoms with E-state index in [-0.39, 0.29) is 25.9 Å². The second-order valence-electron chi connectivity index (χ2n) is 18.2. The second kappa shape index (κ2) is 19.3. The molecule has 356 valence electrons. The van der Waals surface area contributed by atoms with Gasteiger partial charge in [-0.3, -0.25) is 29.0 Å². The number of likely N-dealkylation sites (tertiary alicyclic amines) is 2. The summed E-state index contributed by atoms with van der Waals surface area (Å²) < 4.78 is 27.0. The molecule has 3 saturated heterocycles. The van der Waals surface area contributed by atoms with Crippen molar-refractivity contribution in [1.29, 1.82) is 0 Å². The zero-order valence-corrected chi connectivity index (χ0v) is 38.7. The number of rotatable bonds is 15. The van der Waals surface area contributed by atoms with Gasteiger partial charge in [-0.25, -0.2) is 14.0 Å². The Morgan fingerprint density at radius 1 is 0.636 bits per heavy atom. The van der Waals surface area contributed by atoms with Crippen molar-refractivity contribution in [1.82, 2.24) is 19.6 Å². The maximum absolute atomic E-state index is 14.6. The first-order valence-corrected chi connectivity index (χ1v) is 22.2. The number of amides is 6. The molecule has 3 heterocycles. The van der Waals surface area contributed by atoms with Gasteiger partial charge in [0.05, 0.1) is 12.1 Å². The summed E-state index contributed by atoms with van der Waals surface area (Å²) in [6.45, 7) is 7.35. The SMILES string of the molecule is CO[C@H]1[C@H](OC)[C@H](c2ccc([C@]3(C(N)=O)CCCN3C(=O)[C@H](C(C)C)N(C)C(=O)O)cc2)N(c2ccc(F)cc2)[C@H]1c1ccc([C@]2(C(N)=O)CCCN2C(=O)[C@H](C(C)C)N(C)C(=O)O)cc1. The van der Waals surface area contributed by atoms with E-state index in [0.29, 0.717) is 29.7 Å². The number of hydrogen-bond donors (Lipinski definition) is 4. The summed E-state index contributed by atoms with van der Waals surface area (Å²) in [7, 11) is 5.77. The van der Waals surface area contributed by atoms with E-state index in [9.17, 15) is 43.4 Å². The van der Waals surface area contributed by atoms with E-state index >= 15 is 0 Å². The summed E-state index contributed by atoms with van der Waals surface area (Å²) in [5, 5.41) is 19.6. The van der Waals surface area contributed by atoms with Crippen molar-refractivity contribution in [3.63, 3.8) is 0 Å². The van der Waals surface area contributed by atoms with Crippen molar-refractivity contribution in [3.8, 4) is 0 Å². The molecule has 17 nitrogen and oxygen atoms in total. The Balaban J connectivity index is 1.42. The van der Waals surface area contributed by atoms with Gasteiger partial charge in [-0.05, 0) is 84.0 Å². The lowest BCUT2D eigenvalue weighted by molar-refractivity contribution is -0.148. The molecule has 0 bridgehead atoms. The Bertz CT molecular complexity index is 2160. The van der Waals surface area contributed by atoms with Crippen molar-refractivity contribution < 1.29 is 52.8 Å². The highest BCUT2D eigenvalue weighted by atomic mass is 19.1. The van der Waals surface area contributed by atoms with Crippen molar-refractivity contribution in [3.05, 3.63) is 101 Å². The normalized spacial score (nSPS) is 25.0. The number of carbonyl (C=O) groups is 6. The number of hydrogen-bond acceptors (Lipinski definition) is 9. The largest absolute Gasteiger partial charge is 0.465 e. The number of halogens is 1. The molecular formula is C48H62FN7O10. The Morgan fingerprint density at radius 3 is 1.27 bits per heavy atom. The molecule has 0 saturated carbocycles. The number of primary amides is 2. The smallest absolute Gasteiger partial charge is 0.407 e. The van der Waals surface area contributed by atoms with Crippen LogP contribution in [0.5, 0.6) is 0 Å². The second-order valence-corrected chi connectivity index (χ2v) is 18.2. The van der Waals surface area contributed by atoms with Gasteiger partial charge in [-0.2, -0.15) is 0 Å². The van der Waals surface area contributed by atoms with Crippen molar-refractivity contribution in [2.45, 2.75) is 101 Å². The van der Waals surface area contributed by atoms with Gasteiger partial charge in [0, 0.05) is 47.1 Å². The van der Waals surface area contributed by atoms with Crippen LogP contribution in [-0.2, 0) is 39.7 Å². The van der Waals surface area contributed by atoms with Gasteiger partial charge in [0.2, 0.25) is 23.6 Å². The molecule has 3 fully saturated rings. The van der Waals surface area contributed by atoms with Crippen LogP contribution in [0, 0.1) is 17.7 Å². The van der Waals surface area contributed by atoms with E-state index in [1.165, 1.54) is 36.0 Å². The molecule has 6 rings (SSSR count). The molecule has 3 aromatic carbocycles. The minimum absolute atomic E-state index is 0.193. The molecule has 0 unspecified atom stereocenters. The molecule has 0 spiro atoms. The third-order valence-corrected chi connectivity index (χ3v) is 14.0. The van der Waals surface area contributed by atoms with Crippen LogP contribution < -0.4 is 16.4 Å². The average Bonchev–Trinajstić information content (AvgIpc) is 4.02. The third kappa shape index (κ3) is 8.29. The Morgan fingerprint density at radius 2 is 0.985 bits per heavy atom. The minimum atomic E-state index is -1.56. The molecule has 3 aliphatic heterocycles. The van der Waals surface area contributed by atoms with Crippen molar-refractivity contribution in [2.24, 2.45) is 23.3 Å². The highest BCUT2D eigenvalue weighted by Crippen LogP contribution is 2.51. The predicted molar refractivity (Wildman–Crippen MR) is 241 cm³/mol. The maximum Gasteiger partial charge on any atom is 0.407 e. The van der Waals surface area contributed by atoms with Gasteiger partial charge in [0.25, 0.3) is 0 Å².